The Morgan fingerprint density at radius 2 is 1.91 bits per heavy atom. The number of nitrogens with zero attached hydrogens (tertiary/aromatic N) is 2. The van der Waals surface area contributed by atoms with Crippen LogP contribution in [-0.4, -0.2) is 41.5 Å². The highest BCUT2D eigenvalue weighted by molar-refractivity contribution is 7.98. The highest BCUT2D eigenvalue weighted by Gasteiger charge is 2.23. The number of carbonyl (C=O) groups excluding carboxylic acids is 1. The fourth-order valence-electron chi connectivity index (χ4n) is 4.09. The van der Waals surface area contributed by atoms with Gasteiger partial charge < -0.3 is 9.73 Å². The molecule has 0 unspecified atom stereocenters. The summed E-state index contributed by atoms with van der Waals surface area (Å²) in [5.74, 6) is 2.16. The molecule has 3 aromatic rings. The number of oxazole rings is 1. The largest absolute Gasteiger partial charge is 0.441 e. The number of likely N-dealkylation sites (N-methyl/N-ethyl adjacent to an activating group) is 1. The fourth-order valence-corrected chi connectivity index (χ4v) is 4.99. The van der Waals surface area contributed by atoms with E-state index in [1.165, 1.54) is 16.9 Å². The lowest BCUT2D eigenvalue weighted by atomic mass is 10.1. The molecule has 1 N–H and O–H groups in total. The smallest absolute Gasteiger partial charge is 0.251 e. The van der Waals surface area contributed by atoms with Crippen LogP contribution in [0.4, 0.5) is 0 Å². The first-order chi connectivity index (χ1) is 15.5. The number of rotatable bonds is 8. The van der Waals surface area contributed by atoms with Gasteiger partial charge in [0, 0.05) is 34.4 Å². The Morgan fingerprint density at radius 3 is 2.62 bits per heavy atom. The zero-order chi connectivity index (χ0) is 22.5. The maximum absolute atomic E-state index is 12.6. The van der Waals surface area contributed by atoms with E-state index < -0.39 is 0 Å². The summed E-state index contributed by atoms with van der Waals surface area (Å²) in [6.07, 6.45) is 2.37. The number of benzene rings is 2. The molecule has 1 fully saturated rings. The van der Waals surface area contributed by atoms with Gasteiger partial charge in [0.05, 0.1) is 5.69 Å². The molecule has 32 heavy (non-hydrogen) atoms. The molecular weight excluding hydrogens is 418 g/mol. The lowest BCUT2D eigenvalue weighted by Crippen LogP contribution is -2.40. The Labute approximate surface area is 194 Å². The standard InChI is InChI=1S/C26H31N3O2S/c1-4-29-15-5-6-22(29)16-27-25(30)20-9-11-21(12-10-20)26-28-24(19(3)31-26)17-32-23-13-7-18(2)8-14-23/h7-14,22H,4-6,15-17H2,1-3H3,(H,27,30)/t22-/m1/s1. The first kappa shape index (κ1) is 22.6. The highest BCUT2D eigenvalue weighted by atomic mass is 32.2. The Kier molecular flexibility index (Phi) is 7.33. The van der Waals surface area contributed by atoms with E-state index in [4.69, 9.17) is 9.40 Å². The molecule has 1 aromatic heterocycles. The summed E-state index contributed by atoms with van der Waals surface area (Å²) in [5.41, 5.74) is 3.75. The molecule has 0 aliphatic carbocycles. The van der Waals surface area contributed by atoms with Gasteiger partial charge in [0.2, 0.25) is 5.89 Å². The molecule has 1 amide bonds. The van der Waals surface area contributed by atoms with Gasteiger partial charge in [-0.25, -0.2) is 4.98 Å². The van der Waals surface area contributed by atoms with Crippen LogP contribution in [0, 0.1) is 13.8 Å². The molecule has 1 aliphatic heterocycles. The highest BCUT2D eigenvalue weighted by Crippen LogP contribution is 2.28. The average Bonchev–Trinajstić information content (AvgIpc) is 3.43. The molecule has 1 aliphatic rings. The van der Waals surface area contributed by atoms with Crippen molar-refractivity contribution < 1.29 is 9.21 Å². The van der Waals surface area contributed by atoms with Gasteiger partial charge >= 0.3 is 0 Å². The van der Waals surface area contributed by atoms with Crippen molar-refractivity contribution in [2.45, 2.75) is 50.3 Å². The number of thioether (sulfide) groups is 1. The maximum atomic E-state index is 12.6. The van der Waals surface area contributed by atoms with Crippen LogP contribution in [0.1, 0.15) is 47.1 Å². The van der Waals surface area contributed by atoms with E-state index in [1.54, 1.807) is 11.8 Å². The predicted octanol–water partition coefficient (Wildman–Crippen LogP) is 5.46. The molecule has 5 nitrogen and oxygen atoms in total. The number of likely N-dealkylation sites (tertiary alicyclic amines) is 1. The van der Waals surface area contributed by atoms with Gasteiger partial charge in [0.1, 0.15) is 5.76 Å². The maximum Gasteiger partial charge on any atom is 0.251 e. The third-order valence-electron chi connectivity index (χ3n) is 6.09. The number of hydrogen-bond donors (Lipinski definition) is 1. The van der Waals surface area contributed by atoms with Crippen molar-refractivity contribution in [2.75, 3.05) is 19.6 Å². The van der Waals surface area contributed by atoms with Gasteiger partial charge in [-0.15, -0.1) is 11.8 Å². The molecular formula is C26H31N3O2S. The summed E-state index contributed by atoms with van der Waals surface area (Å²) in [5, 5.41) is 3.09. The molecule has 0 bridgehead atoms. The van der Waals surface area contributed by atoms with Crippen LogP contribution in [0.15, 0.2) is 57.8 Å². The summed E-state index contributed by atoms with van der Waals surface area (Å²) in [7, 11) is 0. The second kappa shape index (κ2) is 10.4. The summed E-state index contributed by atoms with van der Waals surface area (Å²) >= 11 is 1.75. The number of nitrogens with one attached hydrogen (secondary N) is 1. The molecule has 4 rings (SSSR count). The van der Waals surface area contributed by atoms with Crippen LogP contribution in [0.2, 0.25) is 0 Å². The van der Waals surface area contributed by atoms with Gasteiger partial charge in [-0.05, 0) is 76.2 Å². The third-order valence-corrected chi connectivity index (χ3v) is 7.11. The van der Waals surface area contributed by atoms with Crippen molar-refractivity contribution in [2.24, 2.45) is 0 Å². The van der Waals surface area contributed by atoms with Crippen LogP contribution >= 0.6 is 11.8 Å². The molecule has 2 aromatic carbocycles. The van der Waals surface area contributed by atoms with Crippen molar-refractivity contribution in [1.29, 1.82) is 0 Å². The molecule has 168 valence electrons. The second-order valence-electron chi connectivity index (χ2n) is 8.34. The van der Waals surface area contributed by atoms with E-state index in [2.05, 4.69) is 48.3 Å². The Bertz CT molecular complexity index is 1040. The second-order valence-corrected chi connectivity index (χ2v) is 9.38. The first-order valence-electron chi connectivity index (χ1n) is 11.3. The lowest BCUT2D eigenvalue weighted by Gasteiger charge is -2.22. The minimum Gasteiger partial charge on any atom is -0.441 e. The molecule has 0 spiro atoms. The quantitative estimate of drug-likeness (QED) is 0.463. The van der Waals surface area contributed by atoms with E-state index in [9.17, 15) is 4.79 Å². The Morgan fingerprint density at radius 1 is 1.16 bits per heavy atom. The SMILES string of the molecule is CCN1CCC[C@@H]1CNC(=O)c1ccc(-c2nc(CSc3ccc(C)cc3)c(C)o2)cc1. The molecule has 0 radical (unpaired) electrons. The summed E-state index contributed by atoms with van der Waals surface area (Å²) in [6.45, 7) is 9.09. The van der Waals surface area contributed by atoms with Gasteiger partial charge in [-0.2, -0.15) is 0 Å². The Hall–Kier alpha value is -2.57. The molecule has 1 saturated heterocycles. The third kappa shape index (κ3) is 5.43. The molecule has 0 saturated carbocycles. The minimum absolute atomic E-state index is 0.0294. The fraction of sp³-hybridized carbons (Fsp3) is 0.385. The van der Waals surface area contributed by atoms with E-state index in [-0.39, 0.29) is 5.91 Å². The van der Waals surface area contributed by atoms with Crippen molar-refractivity contribution in [1.82, 2.24) is 15.2 Å². The zero-order valence-corrected chi connectivity index (χ0v) is 19.9. The van der Waals surface area contributed by atoms with Crippen molar-refractivity contribution in [3.05, 3.63) is 71.1 Å². The van der Waals surface area contributed by atoms with Crippen LogP contribution in [0.3, 0.4) is 0 Å². The van der Waals surface area contributed by atoms with E-state index in [1.807, 2.05) is 31.2 Å². The Balaban J connectivity index is 1.35. The summed E-state index contributed by atoms with van der Waals surface area (Å²) < 4.78 is 5.92. The monoisotopic (exact) mass is 449 g/mol. The van der Waals surface area contributed by atoms with Crippen LogP contribution in [0.5, 0.6) is 0 Å². The first-order valence-corrected chi connectivity index (χ1v) is 12.3. The molecule has 2 heterocycles. The number of aromatic nitrogens is 1. The van der Waals surface area contributed by atoms with Crippen molar-refractivity contribution in [3.63, 3.8) is 0 Å². The lowest BCUT2D eigenvalue weighted by molar-refractivity contribution is 0.0941. The van der Waals surface area contributed by atoms with Gasteiger partial charge in [-0.3, -0.25) is 9.69 Å². The van der Waals surface area contributed by atoms with Gasteiger partial charge in [0.15, 0.2) is 0 Å². The molecule has 6 heteroatoms. The van der Waals surface area contributed by atoms with Crippen LogP contribution in [-0.2, 0) is 5.75 Å². The van der Waals surface area contributed by atoms with Crippen molar-refractivity contribution >= 4 is 17.7 Å². The minimum atomic E-state index is -0.0294. The van der Waals surface area contributed by atoms with E-state index in [0.29, 0.717) is 24.0 Å². The van der Waals surface area contributed by atoms with E-state index >= 15 is 0 Å². The van der Waals surface area contributed by atoms with Gasteiger partial charge in [0.25, 0.3) is 5.91 Å². The summed E-state index contributed by atoms with van der Waals surface area (Å²) in [6, 6.07) is 16.5. The van der Waals surface area contributed by atoms with Crippen molar-refractivity contribution in [3.8, 4) is 11.5 Å². The summed E-state index contributed by atoms with van der Waals surface area (Å²) in [4.78, 5) is 20.9. The zero-order valence-electron chi connectivity index (χ0n) is 19.1. The van der Waals surface area contributed by atoms with Crippen LogP contribution < -0.4 is 5.32 Å². The number of amides is 1. The van der Waals surface area contributed by atoms with E-state index in [0.717, 1.165) is 42.3 Å². The van der Waals surface area contributed by atoms with Gasteiger partial charge in [-0.1, -0.05) is 24.6 Å². The predicted molar refractivity (Wildman–Crippen MR) is 130 cm³/mol. The normalized spacial score (nSPS) is 16.4. The number of aryl methyl sites for hydroxylation is 2. The van der Waals surface area contributed by atoms with Crippen LogP contribution in [0.25, 0.3) is 11.5 Å². The average molecular weight is 450 g/mol. The number of carbonyl (C=O) groups is 1. The number of hydrogen-bond acceptors (Lipinski definition) is 5. The topological polar surface area (TPSA) is 58.4 Å². The molecule has 1 atom stereocenters.